The zero-order chi connectivity index (χ0) is 13.9. The van der Waals surface area contributed by atoms with Gasteiger partial charge in [0.25, 0.3) is 0 Å². The topological polar surface area (TPSA) is 72.2 Å². The van der Waals surface area contributed by atoms with Crippen molar-refractivity contribution in [3.05, 3.63) is 23.2 Å². The summed E-state index contributed by atoms with van der Waals surface area (Å²) in [6.07, 6.45) is 6.22. The molecule has 106 valence electrons. The molecule has 3 N–H and O–H groups in total. The normalized spacial score (nSPS) is 18.2. The van der Waals surface area contributed by atoms with E-state index in [1.807, 2.05) is 0 Å². The van der Waals surface area contributed by atoms with Crippen LogP contribution in [0.5, 0.6) is 0 Å². The number of nitrogens with two attached hydrogens (primary N) is 1. The summed E-state index contributed by atoms with van der Waals surface area (Å²) in [4.78, 5) is 0.000846. The quantitative estimate of drug-likeness (QED) is 0.666. The third-order valence-electron chi connectivity index (χ3n) is 3.44. The molecule has 0 bridgehead atoms. The lowest BCUT2D eigenvalue weighted by Crippen LogP contribution is -2.34. The van der Waals surface area contributed by atoms with Crippen LogP contribution in [-0.4, -0.2) is 14.5 Å². The number of rotatable bonds is 3. The maximum absolute atomic E-state index is 12.4. The number of benzene rings is 1. The minimum absolute atomic E-state index is 0.000846. The molecule has 0 radical (unpaired) electrons. The Kier molecular flexibility index (Phi) is 4.71. The van der Waals surface area contributed by atoms with E-state index < -0.39 is 10.0 Å². The highest BCUT2D eigenvalue weighted by atomic mass is 35.5. The molecule has 1 aromatic rings. The second-order valence-electron chi connectivity index (χ2n) is 4.97. The molecule has 1 aromatic carbocycles. The number of sulfonamides is 1. The highest BCUT2D eigenvalue weighted by Crippen LogP contribution is 2.28. The summed E-state index contributed by atoms with van der Waals surface area (Å²) < 4.78 is 27.5. The van der Waals surface area contributed by atoms with Gasteiger partial charge in [-0.2, -0.15) is 0 Å². The van der Waals surface area contributed by atoms with Crippen molar-refractivity contribution >= 4 is 27.3 Å². The molecule has 1 aliphatic rings. The van der Waals surface area contributed by atoms with Gasteiger partial charge in [0.2, 0.25) is 10.0 Å². The van der Waals surface area contributed by atoms with Crippen LogP contribution in [0.4, 0.5) is 5.69 Å². The number of halogens is 1. The largest absolute Gasteiger partial charge is 0.398 e. The summed E-state index contributed by atoms with van der Waals surface area (Å²) in [5, 5.41) is 0.168. The Balaban J connectivity index is 2.22. The minimum atomic E-state index is -3.64. The molecule has 0 aromatic heterocycles. The van der Waals surface area contributed by atoms with E-state index in [0.29, 0.717) is 0 Å². The van der Waals surface area contributed by atoms with E-state index in [4.69, 9.17) is 17.3 Å². The molecule has 6 heteroatoms. The molecular formula is C13H19ClN2O2S. The molecule has 1 aliphatic carbocycles. The molecule has 0 heterocycles. The molecule has 0 atom stereocenters. The molecule has 0 unspecified atom stereocenters. The second-order valence-corrected chi connectivity index (χ2v) is 7.03. The maximum atomic E-state index is 12.4. The van der Waals surface area contributed by atoms with Gasteiger partial charge in [-0.1, -0.05) is 43.4 Å². The summed E-state index contributed by atoms with van der Waals surface area (Å²) in [5.74, 6) is 0. The molecule has 0 saturated heterocycles. The van der Waals surface area contributed by atoms with Crippen LogP contribution >= 0.6 is 11.6 Å². The molecule has 1 fully saturated rings. The summed E-state index contributed by atoms with van der Waals surface area (Å²) in [6.45, 7) is 0. The van der Waals surface area contributed by atoms with Crippen molar-refractivity contribution in [2.45, 2.75) is 49.5 Å². The smallest absolute Gasteiger partial charge is 0.244 e. The van der Waals surface area contributed by atoms with Crippen molar-refractivity contribution in [3.63, 3.8) is 0 Å². The number of nitrogens with one attached hydrogen (secondary N) is 1. The first-order valence-corrected chi connectivity index (χ1v) is 8.43. The second kappa shape index (κ2) is 6.11. The van der Waals surface area contributed by atoms with Gasteiger partial charge >= 0.3 is 0 Å². The Morgan fingerprint density at radius 1 is 1.16 bits per heavy atom. The number of anilines is 1. The van der Waals surface area contributed by atoms with Crippen molar-refractivity contribution < 1.29 is 8.42 Å². The highest BCUT2D eigenvalue weighted by Gasteiger charge is 2.25. The average Bonchev–Trinajstić information content (AvgIpc) is 2.56. The predicted molar refractivity (Wildman–Crippen MR) is 77.7 cm³/mol. The summed E-state index contributed by atoms with van der Waals surface area (Å²) in [7, 11) is -3.64. The van der Waals surface area contributed by atoms with E-state index in [1.54, 1.807) is 18.2 Å². The fourth-order valence-corrected chi connectivity index (χ4v) is 4.47. The Bertz CT molecular complexity index is 517. The van der Waals surface area contributed by atoms with Gasteiger partial charge in [0.1, 0.15) is 4.90 Å². The van der Waals surface area contributed by atoms with Gasteiger partial charge in [-0.15, -0.1) is 0 Å². The van der Waals surface area contributed by atoms with Crippen LogP contribution in [-0.2, 0) is 10.0 Å². The van der Waals surface area contributed by atoms with Crippen LogP contribution in [0.25, 0.3) is 0 Å². The number of hydrogen-bond acceptors (Lipinski definition) is 3. The third kappa shape index (κ3) is 3.61. The highest BCUT2D eigenvalue weighted by molar-refractivity contribution is 7.89. The van der Waals surface area contributed by atoms with Crippen molar-refractivity contribution in [2.24, 2.45) is 0 Å². The first kappa shape index (κ1) is 14.6. The number of hydrogen-bond donors (Lipinski definition) is 2. The summed E-state index contributed by atoms with van der Waals surface area (Å²) in [5.41, 5.74) is 5.93. The molecule has 2 rings (SSSR count). The van der Waals surface area contributed by atoms with Crippen molar-refractivity contribution in [2.75, 3.05) is 5.73 Å². The monoisotopic (exact) mass is 302 g/mol. The molecular weight excluding hydrogens is 284 g/mol. The fourth-order valence-electron chi connectivity index (χ4n) is 2.48. The molecule has 1 saturated carbocycles. The zero-order valence-corrected chi connectivity index (χ0v) is 12.3. The van der Waals surface area contributed by atoms with Gasteiger partial charge in [0.05, 0.1) is 10.7 Å². The van der Waals surface area contributed by atoms with Gasteiger partial charge in [-0.05, 0) is 25.0 Å². The fraction of sp³-hybridized carbons (Fsp3) is 0.538. The molecule has 19 heavy (non-hydrogen) atoms. The summed E-state index contributed by atoms with van der Waals surface area (Å²) >= 11 is 5.96. The Morgan fingerprint density at radius 2 is 1.79 bits per heavy atom. The van der Waals surface area contributed by atoms with Crippen molar-refractivity contribution in [1.82, 2.24) is 4.72 Å². The lowest BCUT2D eigenvalue weighted by atomic mass is 10.1. The van der Waals surface area contributed by atoms with Gasteiger partial charge in [0.15, 0.2) is 0 Å². The molecule has 0 amide bonds. The van der Waals surface area contributed by atoms with Crippen molar-refractivity contribution in [1.29, 1.82) is 0 Å². The standard InChI is InChI=1S/C13H19ClN2O2S/c14-11-8-5-9-12(15)13(11)19(17,18)16-10-6-3-1-2-4-7-10/h5,8-10,16H,1-4,6-7,15H2. The van der Waals surface area contributed by atoms with E-state index in [9.17, 15) is 8.42 Å². The first-order valence-electron chi connectivity index (χ1n) is 6.57. The van der Waals surface area contributed by atoms with E-state index in [1.165, 1.54) is 12.8 Å². The lowest BCUT2D eigenvalue weighted by molar-refractivity contribution is 0.510. The molecule has 4 nitrogen and oxygen atoms in total. The lowest BCUT2D eigenvalue weighted by Gasteiger charge is -2.17. The Morgan fingerprint density at radius 3 is 2.37 bits per heavy atom. The van der Waals surface area contributed by atoms with Crippen LogP contribution in [0.3, 0.4) is 0 Å². The van der Waals surface area contributed by atoms with E-state index in [2.05, 4.69) is 4.72 Å². The van der Waals surface area contributed by atoms with Crippen LogP contribution in [0.1, 0.15) is 38.5 Å². The zero-order valence-electron chi connectivity index (χ0n) is 10.7. The van der Waals surface area contributed by atoms with Crippen molar-refractivity contribution in [3.8, 4) is 0 Å². The van der Waals surface area contributed by atoms with E-state index >= 15 is 0 Å². The van der Waals surface area contributed by atoms with E-state index in [0.717, 1.165) is 25.7 Å². The minimum Gasteiger partial charge on any atom is -0.398 e. The number of nitrogen functional groups attached to an aromatic ring is 1. The third-order valence-corrected chi connectivity index (χ3v) is 5.51. The first-order chi connectivity index (χ1) is 9.00. The van der Waals surface area contributed by atoms with Crippen LogP contribution in [0.2, 0.25) is 5.02 Å². The maximum Gasteiger partial charge on any atom is 0.244 e. The molecule has 0 aliphatic heterocycles. The van der Waals surface area contributed by atoms with E-state index in [-0.39, 0.29) is 21.6 Å². The van der Waals surface area contributed by atoms with Crippen LogP contribution in [0, 0.1) is 0 Å². The summed E-state index contributed by atoms with van der Waals surface area (Å²) in [6, 6.07) is 4.72. The average molecular weight is 303 g/mol. The van der Waals surface area contributed by atoms with Gasteiger partial charge < -0.3 is 5.73 Å². The van der Waals surface area contributed by atoms with Crippen LogP contribution in [0.15, 0.2) is 23.1 Å². The Hall–Kier alpha value is -0.780. The van der Waals surface area contributed by atoms with Gasteiger partial charge in [0, 0.05) is 6.04 Å². The van der Waals surface area contributed by atoms with Crippen LogP contribution < -0.4 is 10.5 Å². The molecule has 0 spiro atoms. The van der Waals surface area contributed by atoms with Gasteiger partial charge in [-0.3, -0.25) is 0 Å². The Labute approximate surface area is 119 Å². The SMILES string of the molecule is Nc1cccc(Cl)c1S(=O)(=O)NC1CCCCCC1. The predicted octanol–water partition coefficient (Wildman–Crippen LogP) is 2.92. The van der Waals surface area contributed by atoms with Gasteiger partial charge in [-0.25, -0.2) is 13.1 Å².